The molecule has 174 valence electrons. The van der Waals surface area contributed by atoms with E-state index in [-0.39, 0.29) is 12.2 Å². The third-order valence-corrected chi connectivity index (χ3v) is 7.52. The number of amides is 1. The second-order valence-corrected chi connectivity index (χ2v) is 9.45. The molecule has 0 spiro atoms. The van der Waals surface area contributed by atoms with Gasteiger partial charge in [-0.1, -0.05) is 12.8 Å². The maximum atomic E-state index is 12.9. The van der Waals surface area contributed by atoms with Crippen LogP contribution in [0.5, 0.6) is 0 Å². The highest BCUT2D eigenvalue weighted by molar-refractivity contribution is 5.84. The number of hydrogen-bond acceptors (Lipinski definition) is 5. The summed E-state index contributed by atoms with van der Waals surface area (Å²) in [5.41, 5.74) is 4.09. The van der Waals surface area contributed by atoms with Gasteiger partial charge in [0.2, 0.25) is 0 Å². The van der Waals surface area contributed by atoms with Crippen LogP contribution in [0, 0.1) is 0 Å². The fourth-order valence-corrected chi connectivity index (χ4v) is 6.09. The van der Waals surface area contributed by atoms with Crippen LogP contribution in [0.4, 0.5) is 4.79 Å². The van der Waals surface area contributed by atoms with Gasteiger partial charge in [-0.3, -0.25) is 9.69 Å². The van der Waals surface area contributed by atoms with Crippen LogP contribution in [0.25, 0.3) is 11.0 Å². The number of pyridine rings is 1. The number of carbonyl (C=O) groups is 1. The van der Waals surface area contributed by atoms with Crippen LogP contribution in [-0.4, -0.2) is 51.5 Å². The molecule has 2 aromatic heterocycles. The van der Waals surface area contributed by atoms with Gasteiger partial charge in [-0.25, -0.2) is 9.48 Å². The van der Waals surface area contributed by atoms with Gasteiger partial charge in [0.05, 0.1) is 18.3 Å². The number of rotatable bonds is 6. The largest absolute Gasteiger partial charge is 0.448 e. The number of hydrogen-bond donors (Lipinski definition) is 2. The molecule has 32 heavy (non-hydrogen) atoms. The lowest BCUT2D eigenvalue weighted by atomic mass is 9.89. The van der Waals surface area contributed by atoms with E-state index in [1.165, 1.54) is 37.7 Å². The van der Waals surface area contributed by atoms with Crippen molar-refractivity contribution in [3.63, 3.8) is 0 Å². The Kier molecular flexibility index (Phi) is 6.22. The molecular weight excluding hydrogens is 406 g/mol. The minimum absolute atomic E-state index is 0.0172. The lowest BCUT2D eigenvalue weighted by Crippen LogP contribution is -2.33. The maximum absolute atomic E-state index is 12.9. The Morgan fingerprint density at radius 3 is 2.69 bits per heavy atom. The molecule has 3 aliphatic rings. The molecule has 2 aromatic rings. The van der Waals surface area contributed by atoms with Crippen molar-refractivity contribution < 1.29 is 9.53 Å². The number of likely N-dealkylation sites (tertiary alicyclic amines) is 1. The van der Waals surface area contributed by atoms with Gasteiger partial charge in [-0.05, 0) is 70.4 Å². The summed E-state index contributed by atoms with van der Waals surface area (Å²) in [7, 11) is 0. The third kappa shape index (κ3) is 3.93. The molecule has 2 fully saturated rings. The smallest absolute Gasteiger partial charge is 0.407 e. The van der Waals surface area contributed by atoms with Crippen LogP contribution in [-0.2, 0) is 24.1 Å². The number of H-pyrrole nitrogens is 1. The van der Waals surface area contributed by atoms with Gasteiger partial charge in [0.1, 0.15) is 12.3 Å². The Morgan fingerprint density at radius 2 is 1.91 bits per heavy atom. The first-order valence-electron chi connectivity index (χ1n) is 12.5. The molecule has 1 saturated heterocycles. The van der Waals surface area contributed by atoms with Gasteiger partial charge in [0, 0.05) is 23.5 Å². The summed E-state index contributed by atoms with van der Waals surface area (Å²) in [6, 6.07) is 0.963. The molecule has 2 N–H and O–H groups in total. The number of carbonyl (C=O) groups excluding carboxylic acids is 1. The lowest BCUT2D eigenvalue weighted by molar-refractivity contribution is 0.141. The normalized spacial score (nSPS) is 21.8. The van der Waals surface area contributed by atoms with Crippen molar-refractivity contribution in [3.05, 3.63) is 27.2 Å². The summed E-state index contributed by atoms with van der Waals surface area (Å²) < 4.78 is 7.17. The average molecular weight is 442 g/mol. The van der Waals surface area contributed by atoms with Gasteiger partial charge < -0.3 is 15.0 Å². The van der Waals surface area contributed by atoms with E-state index < -0.39 is 6.09 Å². The first-order valence-corrected chi connectivity index (χ1v) is 12.5. The molecule has 0 unspecified atom stereocenters. The van der Waals surface area contributed by atoms with Gasteiger partial charge in [-0.15, -0.1) is 0 Å². The molecule has 0 aromatic carbocycles. The highest BCUT2D eigenvalue weighted by Crippen LogP contribution is 2.41. The van der Waals surface area contributed by atoms with E-state index in [9.17, 15) is 9.59 Å². The van der Waals surface area contributed by atoms with E-state index >= 15 is 0 Å². The second-order valence-electron chi connectivity index (χ2n) is 9.45. The predicted octanol–water partition coefficient (Wildman–Crippen LogP) is 3.43. The van der Waals surface area contributed by atoms with Crippen LogP contribution in [0.3, 0.4) is 0 Å². The predicted molar refractivity (Wildman–Crippen MR) is 123 cm³/mol. The monoisotopic (exact) mass is 441 g/mol. The summed E-state index contributed by atoms with van der Waals surface area (Å²) in [6.07, 6.45) is 11.1. The zero-order valence-electron chi connectivity index (χ0n) is 19.1. The number of aryl methyl sites for hydroxylation is 1. The van der Waals surface area contributed by atoms with Crippen molar-refractivity contribution >= 4 is 17.1 Å². The van der Waals surface area contributed by atoms with Gasteiger partial charge in [0.25, 0.3) is 5.56 Å². The molecule has 1 aliphatic heterocycles. The van der Waals surface area contributed by atoms with E-state index in [0.29, 0.717) is 25.2 Å². The molecule has 1 atom stereocenters. The fourth-order valence-electron chi connectivity index (χ4n) is 6.09. The van der Waals surface area contributed by atoms with Crippen molar-refractivity contribution in [2.45, 2.75) is 89.8 Å². The molecule has 0 radical (unpaired) electrons. The molecule has 3 heterocycles. The Morgan fingerprint density at radius 1 is 1.12 bits per heavy atom. The number of nitrogens with one attached hydrogen (secondary N) is 2. The van der Waals surface area contributed by atoms with Crippen LogP contribution in [0.1, 0.15) is 81.2 Å². The van der Waals surface area contributed by atoms with Crippen LogP contribution in [0.15, 0.2) is 4.79 Å². The Labute approximate surface area is 188 Å². The number of aromatic nitrogens is 3. The van der Waals surface area contributed by atoms with E-state index in [1.54, 1.807) is 0 Å². The van der Waals surface area contributed by atoms with Gasteiger partial charge in [-0.2, -0.15) is 5.10 Å². The van der Waals surface area contributed by atoms with Crippen LogP contribution < -0.4 is 10.9 Å². The Hall–Kier alpha value is -2.35. The minimum atomic E-state index is -0.418. The number of nitrogens with zero attached hydrogens (tertiary/aromatic N) is 3. The van der Waals surface area contributed by atoms with E-state index in [1.807, 2.05) is 11.6 Å². The second kappa shape index (κ2) is 9.25. The standard InChI is InChI=1S/C24H35N5O3/c1-2-25-24(31)32-15-14-29-22-20(17-10-5-6-11-18(17)23(30)26-22)21(27-29)19-12-7-13-28(19)16-8-3-4-9-16/h16,19H,2-15H2,1H3,(H,25,31)(H,26,30)/t19-/m1/s1. The number of aromatic amines is 1. The summed E-state index contributed by atoms with van der Waals surface area (Å²) in [5.74, 6) is 0. The molecule has 1 saturated carbocycles. The minimum Gasteiger partial charge on any atom is -0.448 e. The summed E-state index contributed by atoms with van der Waals surface area (Å²) in [6.45, 7) is 4.18. The third-order valence-electron chi connectivity index (χ3n) is 7.52. The van der Waals surface area contributed by atoms with Crippen LogP contribution >= 0.6 is 0 Å². The first kappa shape index (κ1) is 21.5. The first-order chi connectivity index (χ1) is 15.7. The molecule has 2 aliphatic carbocycles. The molecule has 0 bridgehead atoms. The SMILES string of the molecule is CCNC(=O)OCCn1nc([C@H]2CCCN2C2CCCC2)c2c3c(c(=O)[nH]c21)CCCC3. The van der Waals surface area contributed by atoms with Crippen molar-refractivity contribution in [1.29, 1.82) is 0 Å². The Bertz CT molecular complexity index is 1040. The van der Waals surface area contributed by atoms with Gasteiger partial charge >= 0.3 is 6.09 Å². The summed E-state index contributed by atoms with van der Waals surface area (Å²) in [4.78, 5) is 30.5. The highest BCUT2D eigenvalue weighted by Gasteiger charge is 2.37. The molecule has 1 amide bonds. The van der Waals surface area contributed by atoms with Crippen LogP contribution in [0.2, 0.25) is 0 Å². The van der Waals surface area contributed by atoms with Crippen molar-refractivity contribution in [3.8, 4) is 0 Å². The average Bonchev–Trinajstić information content (AvgIpc) is 3.54. The van der Waals surface area contributed by atoms with Crippen molar-refractivity contribution in [1.82, 2.24) is 25.0 Å². The molecule has 8 nitrogen and oxygen atoms in total. The Balaban J connectivity index is 1.54. The van der Waals surface area contributed by atoms with E-state index in [4.69, 9.17) is 9.84 Å². The van der Waals surface area contributed by atoms with Crippen molar-refractivity contribution in [2.75, 3.05) is 19.7 Å². The number of alkyl carbamates (subject to hydrolysis) is 1. The summed E-state index contributed by atoms with van der Waals surface area (Å²) in [5, 5.41) is 8.89. The van der Waals surface area contributed by atoms with E-state index in [2.05, 4.69) is 15.2 Å². The molecular formula is C24H35N5O3. The fraction of sp³-hybridized carbons (Fsp3) is 0.708. The quantitative estimate of drug-likeness (QED) is 0.717. The zero-order valence-corrected chi connectivity index (χ0v) is 19.1. The lowest BCUT2D eigenvalue weighted by Gasteiger charge is -2.30. The topological polar surface area (TPSA) is 92.2 Å². The zero-order chi connectivity index (χ0) is 22.1. The molecule has 5 rings (SSSR count). The molecule has 8 heteroatoms. The number of ether oxygens (including phenoxy) is 1. The maximum Gasteiger partial charge on any atom is 0.407 e. The van der Waals surface area contributed by atoms with Crippen molar-refractivity contribution in [2.24, 2.45) is 0 Å². The van der Waals surface area contributed by atoms with Gasteiger partial charge in [0.15, 0.2) is 0 Å². The summed E-state index contributed by atoms with van der Waals surface area (Å²) >= 11 is 0. The highest BCUT2D eigenvalue weighted by atomic mass is 16.5. The number of fused-ring (bicyclic) bond motifs is 3. The van der Waals surface area contributed by atoms with E-state index in [0.717, 1.165) is 60.9 Å².